The molecule has 0 atom stereocenters. The summed E-state index contributed by atoms with van der Waals surface area (Å²) in [5.41, 5.74) is 2.42. The Bertz CT molecular complexity index is 964. The molecule has 1 fully saturated rings. The molecule has 1 saturated carbocycles. The van der Waals surface area contributed by atoms with E-state index in [0.717, 1.165) is 24.1 Å². The van der Waals surface area contributed by atoms with Crippen molar-refractivity contribution in [2.75, 3.05) is 0 Å². The number of rotatable bonds is 4. The number of benzene rings is 1. The molecule has 0 unspecified atom stereocenters. The van der Waals surface area contributed by atoms with Crippen LogP contribution < -0.4 is 4.72 Å². The molecule has 1 N–H and O–H groups in total. The van der Waals surface area contributed by atoms with Gasteiger partial charge in [0.05, 0.1) is 10.4 Å². The highest BCUT2D eigenvalue weighted by Crippen LogP contribution is 2.41. The molecular weight excluding hydrogens is 350 g/mol. The third kappa shape index (κ3) is 3.67. The Kier molecular flexibility index (Phi) is 4.46. The van der Waals surface area contributed by atoms with Gasteiger partial charge in [-0.2, -0.15) is 5.10 Å². The van der Waals surface area contributed by atoms with Crippen LogP contribution in [0.4, 0.5) is 0 Å². The van der Waals surface area contributed by atoms with Crippen LogP contribution in [0.5, 0.6) is 0 Å². The Labute approximate surface area is 154 Å². The number of aryl methyl sites for hydroxylation is 2. The molecule has 1 heterocycles. The highest BCUT2D eigenvalue weighted by Gasteiger charge is 2.33. The van der Waals surface area contributed by atoms with Gasteiger partial charge in [-0.05, 0) is 65.2 Å². The van der Waals surface area contributed by atoms with E-state index >= 15 is 0 Å². The monoisotopic (exact) mass is 375 g/mol. The fraction of sp³-hybridized carbons (Fsp3) is 0.474. The van der Waals surface area contributed by atoms with Gasteiger partial charge in [-0.25, -0.2) is 13.1 Å². The summed E-state index contributed by atoms with van der Waals surface area (Å²) in [5, 5.41) is 4.40. The van der Waals surface area contributed by atoms with E-state index in [1.54, 1.807) is 25.1 Å². The number of aromatic nitrogens is 2. The zero-order valence-electron chi connectivity index (χ0n) is 15.8. The van der Waals surface area contributed by atoms with E-state index in [1.807, 2.05) is 32.4 Å². The maximum absolute atomic E-state index is 12.6. The largest absolute Gasteiger partial charge is 0.285 e. The van der Waals surface area contributed by atoms with Crippen molar-refractivity contribution in [2.45, 2.75) is 63.8 Å². The highest BCUT2D eigenvalue weighted by molar-refractivity contribution is 7.90. The van der Waals surface area contributed by atoms with Crippen LogP contribution in [0, 0.1) is 13.8 Å². The van der Waals surface area contributed by atoms with Gasteiger partial charge in [-0.15, -0.1) is 0 Å². The average molecular weight is 375 g/mol. The van der Waals surface area contributed by atoms with Crippen LogP contribution in [0.25, 0.3) is 0 Å². The second-order valence-corrected chi connectivity index (χ2v) is 9.67. The lowest BCUT2D eigenvalue weighted by Gasteiger charge is -2.22. The molecule has 0 saturated heterocycles. The Morgan fingerprint density at radius 1 is 1.19 bits per heavy atom. The van der Waals surface area contributed by atoms with Gasteiger partial charge in [0.25, 0.3) is 15.9 Å². The molecule has 26 heavy (non-hydrogen) atoms. The predicted octanol–water partition coefficient (Wildman–Crippen LogP) is 3.25. The molecule has 1 aliphatic carbocycles. The van der Waals surface area contributed by atoms with E-state index in [-0.39, 0.29) is 16.1 Å². The van der Waals surface area contributed by atoms with Crippen molar-refractivity contribution in [3.05, 3.63) is 46.8 Å². The minimum absolute atomic E-state index is 0.106. The third-order valence-electron chi connectivity index (χ3n) is 4.45. The molecule has 0 spiro atoms. The van der Waals surface area contributed by atoms with Crippen molar-refractivity contribution in [2.24, 2.45) is 0 Å². The average Bonchev–Trinajstić information content (AvgIpc) is 3.23. The van der Waals surface area contributed by atoms with Gasteiger partial charge < -0.3 is 0 Å². The van der Waals surface area contributed by atoms with Crippen molar-refractivity contribution >= 4 is 15.9 Å². The van der Waals surface area contributed by atoms with Gasteiger partial charge in [-0.1, -0.05) is 17.7 Å². The first-order valence-electron chi connectivity index (χ1n) is 8.74. The molecule has 1 aliphatic rings. The fourth-order valence-corrected chi connectivity index (χ4v) is 4.23. The number of sulfonamides is 1. The number of carbonyl (C=O) groups excluding carboxylic acids is 1. The van der Waals surface area contributed by atoms with Crippen molar-refractivity contribution in [3.63, 3.8) is 0 Å². The van der Waals surface area contributed by atoms with Gasteiger partial charge in [0.2, 0.25) is 0 Å². The summed E-state index contributed by atoms with van der Waals surface area (Å²) in [6.07, 6.45) is 2.15. The zero-order chi connectivity index (χ0) is 19.3. The standard InChI is InChI=1S/C19H25N3O3S/c1-12-6-9-17(13(2)10-12)26(24,25)21-18(23)15-11-16(14-7-8-14)22(20-15)19(3,4)5/h6,9-11,14H,7-8H2,1-5H3,(H,21,23). The minimum Gasteiger partial charge on any atom is -0.266 e. The van der Waals surface area contributed by atoms with Crippen LogP contribution in [-0.2, 0) is 15.6 Å². The number of nitrogens with one attached hydrogen (secondary N) is 1. The van der Waals surface area contributed by atoms with E-state index in [1.165, 1.54) is 6.07 Å². The number of amides is 1. The van der Waals surface area contributed by atoms with Gasteiger partial charge in [0, 0.05) is 11.6 Å². The Morgan fingerprint density at radius 3 is 2.38 bits per heavy atom. The third-order valence-corrected chi connectivity index (χ3v) is 5.94. The van der Waals surface area contributed by atoms with E-state index in [4.69, 9.17) is 0 Å². The molecular formula is C19H25N3O3S. The second kappa shape index (κ2) is 6.23. The second-order valence-electron chi connectivity index (χ2n) is 8.01. The molecule has 6 nitrogen and oxygen atoms in total. The summed E-state index contributed by atoms with van der Waals surface area (Å²) < 4.78 is 29.2. The molecule has 0 aliphatic heterocycles. The molecule has 1 aromatic heterocycles. The Balaban J connectivity index is 1.90. The smallest absolute Gasteiger partial charge is 0.266 e. The van der Waals surface area contributed by atoms with Crippen molar-refractivity contribution in [1.82, 2.24) is 14.5 Å². The van der Waals surface area contributed by atoms with E-state index in [9.17, 15) is 13.2 Å². The number of hydrogen-bond acceptors (Lipinski definition) is 4. The van der Waals surface area contributed by atoms with Gasteiger partial charge in [0.1, 0.15) is 0 Å². The van der Waals surface area contributed by atoms with Gasteiger partial charge in [-0.3, -0.25) is 9.48 Å². The van der Waals surface area contributed by atoms with Crippen LogP contribution >= 0.6 is 0 Å². The molecule has 7 heteroatoms. The first kappa shape index (κ1) is 18.6. The summed E-state index contributed by atoms with van der Waals surface area (Å²) in [6.45, 7) is 9.64. The molecule has 1 amide bonds. The molecule has 0 radical (unpaired) electrons. The minimum atomic E-state index is -3.95. The SMILES string of the molecule is Cc1ccc(S(=O)(=O)NC(=O)c2cc(C3CC3)n(C(C)(C)C)n2)c(C)c1. The van der Waals surface area contributed by atoms with Gasteiger partial charge in [0.15, 0.2) is 5.69 Å². The lowest BCUT2D eigenvalue weighted by molar-refractivity contribution is 0.0975. The summed E-state index contributed by atoms with van der Waals surface area (Å²) in [4.78, 5) is 12.7. The Hall–Kier alpha value is -2.15. The highest BCUT2D eigenvalue weighted by atomic mass is 32.2. The molecule has 140 valence electrons. The van der Waals surface area contributed by atoms with Crippen LogP contribution in [-0.4, -0.2) is 24.1 Å². The molecule has 0 bridgehead atoms. The van der Waals surface area contributed by atoms with Crippen LogP contribution in [0.2, 0.25) is 0 Å². The fourth-order valence-electron chi connectivity index (χ4n) is 3.04. The van der Waals surface area contributed by atoms with Gasteiger partial charge >= 0.3 is 0 Å². The molecule has 2 aromatic rings. The van der Waals surface area contributed by atoms with E-state index < -0.39 is 15.9 Å². The van der Waals surface area contributed by atoms with Crippen molar-refractivity contribution in [1.29, 1.82) is 0 Å². The summed E-state index contributed by atoms with van der Waals surface area (Å²) in [6, 6.07) is 6.73. The number of hydrogen-bond donors (Lipinski definition) is 1. The lowest BCUT2D eigenvalue weighted by atomic mass is 10.1. The number of nitrogens with zero attached hydrogens (tertiary/aromatic N) is 2. The lowest BCUT2D eigenvalue weighted by Crippen LogP contribution is -2.32. The van der Waals surface area contributed by atoms with Crippen LogP contribution in [0.15, 0.2) is 29.2 Å². The summed E-state index contributed by atoms with van der Waals surface area (Å²) in [5.74, 6) is -0.297. The normalized spacial score (nSPS) is 15.1. The van der Waals surface area contributed by atoms with Crippen molar-refractivity contribution in [3.8, 4) is 0 Å². The topological polar surface area (TPSA) is 81.1 Å². The summed E-state index contributed by atoms with van der Waals surface area (Å²) >= 11 is 0. The van der Waals surface area contributed by atoms with E-state index in [2.05, 4.69) is 9.82 Å². The Morgan fingerprint density at radius 2 is 1.85 bits per heavy atom. The quantitative estimate of drug-likeness (QED) is 0.889. The molecule has 1 aromatic carbocycles. The maximum Gasteiger partial charge on any atom is 0.285 e. The summed E-state index contributed by atoms with van der Waals surface area (Å²) in [7, 11) is -3.95. The number of carbonyl (C=O) groups is 1. The van der Waals surface area contributed by atoms with Crippen molar-refractivity contribution < 1.29 is 13.2 Å². The predicted molar refractivity (Wildman–Crippen MR) is 99.8 cm³/mol. The van der Waals surface area contributed by atoms with Crippen LogP contribution in [0.1, 0.15) is 66.8 Å². The van der Waals surface area contributed by atoms with Crippen LogP contribution in [0.3, 0.4) is 0 Å². The molecule has 3 rings (SSSR count). The first-order valence-corrected chi connectivity index (χ1v) is 10.2. The first-order chi connectivity index (χ1) is 12.0. The maximum atomic E-state index is 12.6. The van der Waals surface area contributed by atoms with E-state index in [0.29, 0.717) is 11.5 Å². The zero-order valence-corrected chi connectivity index (χ0v) is 16.6.